The number of carbonyl (C=O) groups is 1. The number of hydrogen-bond acceptors (Lipinski definition) is 8. The number of methoxy groups -OCH3 is 1. The molecule has 0 unspecified atom stereocenters. The third kappa shape index (κ3) is 5.96. The second kappa shape index (κ2) is 11.8. The summed E-state index contributed by atoms with van der Waals surface area (Å²) >= 11 is 3.61. The van der Waals surface area contributed by atoms with Gasteiger partial charge in [-0.05, 0) is 68.4 Å². The largest absolute Gasteiger partial charge is 0.497 e. The van der Waals surface area contributed by atoms with Crippen LogP contribution in [0.4, 0.5) is 5.69 Å². The van der Waals surface area contributed by atoms with Gasteiger partial charge in [0.25, 0.3) is 0 Å². The second-order valence-electron chi connectivity index (χ2n) is 9.60. The van der Waals surface area contributed by atoms with E-state index in [1.807, 2.05) is 49.0 Å². The van der Waals surface area contributed by atoms with Crippen molar-refractivity contribution >= 4 is 45.7 Å². The van der Waals surface area contributed by atoms with E-state index in [-0.39, 0.29) is 0 Å². The van der Waals surface area contributed by atoms with Crippen LogP contribution in [-0.4, -0.2) is 72.7 Å². The third-order valence-electron chi connectivity index (χ3n) is 7.22. The molecule has 0 spiro atoms. The van der Waals surface area contributed by atoms with Crippen molar-refractivity contribution < 1.29 is 19.7 Å². The van der Waals surface area contributed by atoms with E-state index >= 15 is 0 Å². The number of hydrogen-bond donors (Lipinski definition) is 2. The third-order valence-corrected chi connectivity index (χ3v) is 9.33. The Morgan fingerprint density at radius 2 is 2.08 bits per heavy atom. The first-order valence-electron chi connectivity index (χ1n) is 12.3. The number of aliphatic carboxylic acids is 1. The second-order valence-corrected chi connectivity index (χ2v) is 11.9. The number of thioether (sulfide) groups is 1. The van der Waals surface area contributed by atoms with Gasteiger partial charge in [0, 0.05) is 37.3 Å². The van der Waals surface area contributed by atoms with Gasteiger partial charge in [0.15, 0.2) is 0 Å². The number of pyridine rings is 1. The molecule has 9 heteroatoms. The minimum Gasteiger partial charge on any atom is -0.497 e. The summed E-state index contributed by atoms with van der Waals surface area (Å²) in [4.78, 5) is 21.3. The van der Waals surface area contributed by atoms with Gasteiger partial charge >= 0.3 is 5.97 Å². The van der Waals surface area contributed by atoms with E-state index in [0.29, 0.717) is 31.4 Å². The molecule has 1 aliphatic heterocycles. The lowest BCUT2D eigenvalue weighted by atomic mass is 9.74. The molecule has 7 nitrogen and oxygen atoms in total. The fourth-order valence-corrected chi connectivity index (χ4v) is 6.83. The Morgan fingerprint density at radius 1 is 1.31 bits per heavy atom. The van der Waals surface area contributed by atoms with Crippen molar-refractivity contribution in [2.75, 3.05) is 51.5 Å². The predicted octanol–water partition coefficient (Wildman–Crippen LogP) is 5.14. The lowest BCUT2D eigenvalue weighted by Crippen LogP contribution is -2.45. The van der Waals surface area contributed by atoms with Gasteiger partial charge < -0.3 is 24.7 Å². The minimum atomic E-state index is -0.809. The molecular weight excluding hydrogens is 494 g/mol. The molecule has 3 heterocycles. The Bertz CT molecular complexity index is 1160. The van der Waals surface area contributed by atoms with Crippen molar-refractivity contribution in [3.63, 3.8) is 0 Å². The molecule has 1 aromatic carbocycles. The highest BCUT2D eigenvalue weighted by molar-refractivity contribution is 8.01. The Hall–Kier alpha value is -2.33. The summed E-state index contributed by atoms with van der Waals surface area (Å²) in [6.07, 6.45) is 2.97. The fraction of sp³-hybridized carbons (Fsp3) is 0.481. The predicted molar refractivity (Wildman–Crippen MR) is 148 cm³/mol. The lowest BCUT2D eigenvalue weighted by molar-refractivity contribution is -0.153. The maximum atomic E-state index is 12.4. The first-order valence-corrected chi connectivity index (χ1v) is 14.1. The Morgan fingerprint density at radius 3 is 2.72 bits per heavy atom. The number of carboxylic acids is 1. The van der Waals surface area contributed by atoms with E-state index in [0.717, 1.165) is 47.5 Å². The molecule has 0 radical (unpaired) electrons. The number of carboxylic acid groups (broad SMARTS) is 1. The van der Waals surface area contributed by atoms with E-state index < -0.39 is 17.5 Å². The van der Waals surface area contributed by atoms with Gasteiger partial charge in [-0.1, -0.05) is 6.07 Å². The SMILES string of the molecule is COc1ccc2ncc(N(C)C)c([C@@H](O)CCC3(C(=O)O)CCN(CCSc4cccs4)CC3)c2c1. The zero-order valence-electron chi connectivity index (χ0n) is 21.1. The van der Waals surface area contributed by atoms with Gasteiger partial charge in [-0.25, -0.2) is 0 Å². The van der Waals surface area contributed by atoms with E-state index in [4.69, 9.17) is 4.74 Å². The summed E-state index contributed by atoms with van der Waals surface area (Å²) in [7, 11) is 5.46. The van der Waals surface area contributed by atoms with Crippen LogP contribution in [0.3, 0.4) is 0 Å². The molecule has 1 aliphatic rings. The van der Waals surface area contributed by atoms with Crippen molar-refractivity contribution in [1.82, 2.24) is 9.88 Å². The van der Waals surface area contributed by atoms with Gasteiger partial charge in [0.2, 0.25) is 0 Å². The molecule has 36 heavy (non-hydrogen) atoms. The van der Waals surface area contributed by atoms with Crippen LogP contribution >= 0.6 is 23.1 Å². The molecule has 1 fully saturated rings. The number of fused-ring (bicyclic) bond motifs is 1. The van der Waals surface area contributed by atoms with Crippen molar-refractivity contribution in [2.45, 2.75) is 36.0 Å². The van der Waals surface area contributed by atoms with Crippen molar-refractivity contribution in [3.05, 3.63) is 47.5 Å². The van der Waals surface area contributed by atoms with Crippen molar-refractivity contribution in [1.29, 1.82) is 0 Å². The van der Waals surface area contributed by atoms with Crippen LogP contribution in [0, 0.1) is 5.41 Å². The molecule has 0 saturated carbocycles. The summed E-state index contributed by atoms with van der Waals surface area (Å²) in [5, 5.41) is 24.5. The molecule has 1 atom stereocenters. The Kier molecular flexibility index (Phi) is 8.77. The average Bonchev–Trinajstić information content (AvgIpc) is 3.40. The summed E-state index contributed by atoms with van der Waals surface area (Å²) < 4.78 is 6.73. The first-order chi connectivity index (χ1) is 17.3. The van der Waals surface area contributed by atoms with Gasteiger partial charge in [-0.15, -0.1) is 23.1 Å². The Balaban J connectivity index is 1.44. The molecule has 194 valence electrons. The van der Waals surface area contributed by atoms with Gasteiger partial charge in [0.1, 0.15) is 5.75 Å². The summed E-state index contributed by atoms with van der Waals surface area (Å²) in [5.41, 5.74) is 1.56. The van der Waals surface area contributed by atoms with Crippen LogP contribution in [-0.2, 0) is 4.79 Å². The molecule has 3 aromatic rings. The standard InChI is InChI=1S/C27H35N3O4S2/c1-29(2)22-18-28-21-7-6-19(34-3)17-20(21)25(22)23(31)8-9-27(26(32)33)10-12-30(13-11-27)14-16-36-24-5-4-15-35-24/h4-7,15,17-18,23,31H,8-14,16H2,1-3H3,(H,32,33)/t23-/m0/s1. The molecule has 0 bridgehead atoms. The molecule has 2 aromatic heterocycles. The molecule has 0 amide bonds. The van der Waals surface area contributed by atoms with Crippen LogP contribution in [0.1, 0.15) is 37.4 Å². The smallest absolute Gasteiger partial charge is 0.309 e. The van der Waals surface area contributed by atoms with Crippen LogP contribution < -0.4 is 9.64 Å². The molecule has 0 aliphatic carbocycles. The number of thiophene rings is 1. The van der Waals surface area contributed by atoms with Gasteiger partial charge in [0.05, 0.1) is 40.2 Å². The average molecular weight is 530 g/mol. The van der Waals surface area contributed by atoms with E-state index in [1.54, 1.807) is 24.6 Å². The topological polar surface area (TPSA) is 86.1 Å². The first kappa shape index (κ1) is 26.7. The number of piperidine rings is 1. The number of aliphatic hydroxyl groups excluding tert-OH is 1. The zero-order valence-corrected chi connectivity index (χ0v) is 22.8. The maximum absolute atomic E-state index is 12.4. The van der Waals surface area contributed by atoms with Crippen LogP contribution in [0.15, 0.2) is 46.1 Å². The molecule has 1 saturated heterocycles. The number of ether oxygens (including phenoxy) is 1. The highest BCUT2D eigenvalue weighted by Gasteiger charge is 2.41. The maximum Gasteiger partial charge on any atom is 0.309 e. The normalized spacial score (nSPS) is 16.7. The summed E-state index contributed by atoms with van der Waals surface area (Å²) in [5.74, 6) is 0.947. The number of benzene rings is 1. The number of rotatable bonds is 11. The van der Waals surface area contributed by atoms with Crippen molar-refractivity contribution in [2.24, 2.45) is 5.41 Å². The minimum absolute atomic E-state index is 0.373. The number of aliphatic hydroxyl groups is 1. The quantitative estimate of drug-likeness (QED) is 0.330. The van der Waals surface area contributed by atoms with Gasteiger partial charge in [-0.2, -0.15) is 0 Å². The number of anilines is 1. The molecule has 4 rings (SSSR count). The van der Waals surface area contributed by atoms with E-state index in [2.05, 4.69) is 27.4 Å². The van der Waals surface area contributed by atoms with Crippen LogP contribution in [0.5, 0.6) is 5.75 Å². The Labute approximate surface area is 221 Å². The monoisotopic (exact) mass is 529 g/mol. The lowest BCUT2D eigenvalue weighted by Gasteiger charge is -2.39. The van der Waals surface area contributed by atoms with E-state index in [9.17, 15) is 15.0 Å². The van der Waals surface area contributed by atoms with Crippen LogP contribution in [0.25, 0.3) is 10.9 Å². The van der Waals surface area contributed by atoms with Gasteiger partial charge in [-0.3, -0.25) is 9.78 Å². The van der Waals surface area contributed by atoms with E-state index in [1.165, 1.54) is 4.21 Å². The number of nitrogens with zero attached hydrogens (tertiary/aromatic N) is 3. The van der Waals surface area contributed by atoms with Crippen LogP contribution in [0.2, 0.25) is 0 Å². The summed E-state index contributed by atoms with van der Waals surface area (Å²) in [6.45, 7) is 2.50. The summed E-state index contributed by atoms with van der Waals surface area (Å²) in [6, 6.07) is 9.84. The zero-order chi connectivity index (χ0) is 25.7. The number of likely N-dealkylation sites (tertiary alicyclic amines) is 1. The fourth-order valence-electron chi connectivity index (χ4n) is 4.97. The highest BCUT2D eigenvalue weighted by Crippen LogP contribution is 2.41. The highest BCUT2D eigenvalue weighted by atomic mass is 32.2. The molecule has 2 N–H and O–H groups in total. The number of aromatic nitrogens is 1. The molecular formula is C27H35N3O4S2. The van der Waals surface area contributed by atoms with Crippen molar-refractivity contribution in [3.8, 4) is 5.75 Å².